The summed E-state index contributed by atoms with van der Waals surface area (Å²) in [4.78, 5) is 40.0. The summed E-state index contributed by atoms with van der Waals surface area (Å²) in [5, 5.41) is 12.3. The number of carbonyl (C=O) groups excluding carboxylic acids is 3. The molecule has 9 heteroatoms. The van der Waals surface area contributed by atoms with Gasteiger partial charge in [0.05, 0.1) is 11.5 Å². The third-order valence-corrected chi connectivity index (χ3v) is 11.5. The summed E-state index contributed by atoms with van der Waals surface area (Å²) in [6, 6.07) is 7.33. The maximum Gasteiger partial charge on any atom is 0.303 e. The fourth-order valence-corrected chi connectivity index (χ4v) is 9.55. The van der Waals surface area contributed by atoms with Crippen LogP contribution in [0, 0.1) is 34.0 Å². The van der Waals surface area contributed by atoms with Crippen LogP contribution in [-0.4, -0.2) is 60.3 Å². The van der Waals surface area contributed by atoms with E-state index in [9.17, 15) is 19.5 Å². The van der Waals surface area contributed by atoms with Crippen LogP contribution in [0.1, 0.15) is 40.0 Å². The average molecular weight is 574 g/mol. The summed E-state index contributed by atoms with van der Waals surface area (Å²) in [5.41, 5.74) is -4.66. The van der Waals surface area contributed by atoms with Crippen molar-refractivity contribution in [3.8, 4) is 0 Å². The van der Waals surface area contributed by atoms with Gasteiger partial charge < -0.3 is 14.7 Å². The van der Waals surface area contributed by atoms with Crippen LogP contribution in [-0.2, 0) is 19.1 Å². The fraction of sp³-hybridized carbons (Fsp3) is 0.581. The molecule has 9 atom stereocenters. The molecule has 1 saturated heterocycles. The molecule has 1 heterocycles. The van der Waals surface area contributed by atoms with Crippen LogP contribution in [0.4, 0.5) is 14.5 Å². The lowest BCUT2D eigenvalue weighted by atomic mass is 9.43. The van der Waals surface area contributed by atoms with E-state index in [1.807, 2.05) is 19.1 Å². The predicted octanol–water partition coefficient (Wildman–Crippen LogP) is 4.82. The first-order valence-corrected chi connectivity index (χ1v) is 14.3. The zero-order chi connectivity index (χ0) is 28.8. The van der Waals surface area contributed by atoms with E-state index in [0.717, 1.165) is 5.69 Å². The van der Waals surface area contributed by atoms with Gasteiger partial charge in [0.15, 0.2) is 23.8 Å². The zero-order valence-corrected chi connectivity index (χ0v) is 23.6. The first-order chi connectivity index (χ1) is 18.8. The minimum atomic E-state index is -2.21. The molecule has 0 bridgehead atoms. The number of anilines is 1. The molecule has 1 aliphatic heterocycles. The highest BCUT2D eigenvalue weighted by atomic mass is 35.5. The first-order valence-electron chi connectivity index (χ1n) is 13.9. The Kier molecular flexibility index (Phi) is 6.18. The van der Waals surface area contributed by atoms with Crippen molar-refractivity contribution in [3.63, 3.8) is 0 Å². The largest absolute Gasteiger partial charge is 0.458 e. The van der Waals surface area contributed by atoms with Gasteiger partial charge in [0.2, 0.25) is 0 Å². The molecule has 4 fully saturated rings. The highest BCUT2D eigenvalue weighted by molar-refractivity contribution is 6.30. The van der Waals surface area contributed by atoms with Gasteiger partial charge in [0, 0.05) is 42.1 Å². The summed E-state index contributed by atoms with van der Waals surface area (Å²) in [6.45, 7) is 5.16. The Hall–Kier alpha value is -2.58. The Morgan fingerprint density at radius 2 is 1.88 bits per heavy atom. The molecule has 214 valence electrons. The number of allylic oxidation sites excluding steroid dienone is 4. The Balaban J connectivity index is 1.44. The summed E-state index contributed by atoms with van der Waals surface area (Å²) in [6.07, 6.45) is 1.12. The number of alkyl halides is 2. The van der Waals surface area contributed by atoms with Crippen LogP contribution in [0.2, 0.25) is 5.02 Å². The van der Waals surface area contributed by atoms with Crippen LogP contribution in [0.15, 0.2) is 48.1 Å². The standard InChI is InChI=1S/C31H34ClF2NO5/c1-17(36)40-15-27(39)30-16-35(20-6-4-19(32)5-7-20)14-18(30)10-22-23-12-25(33)24-11-21(37)8-9-28(24,2)31(23,34)26(38)13-29(22,30)3/h4-9,11,18,22-23,25-26,38H,10,12-16H2,1-3H3/t18-,22-,23-,25-,26-,28-,29-,30-,31-/m0/s1. The van der Waals surface area contributed by atoms with Crippen molar-refractivity contribution >= 4 is 34.8 Å². The Labute approximate surface area is 237 Å². The molecule has 40 heavy (non-hydrogen) atoms. The molecule has 0 unspecified atom stereocenters. The van der Waals surface area contributed by atoms with E-state index in [0.29, 0.717) is 24.5 Å². The lowest BCUT2D eigenvalue weighted by Crippen LogP contribution is -2.69. The summed E-state index contributed by atoms with van der Waals surface area (Å²) >= 11 is 6.11. The van der Waals surface area contributed by atoms with Crippen LogP contribution in [0.25, 0.3) is 0 Å². The van der Waals surface area contributed by atoms with E-state index in [-0.39, 0.29) is 35.9 Å². The number of nitrogens with zero attached hydrogens (tertiary/aromatic N) is 1. The lowest BCUT2D eigenvalue weighted by molar-refractivity contribution is -0.211. The van der Waals surface area contributed by atoms with Crippen molar-refractivity contribution in [2.24, 2.45) is 34.0 Å². The zero-order valence-electron chi connectivity index (χ0n) is 22.8. The number of ether oxygens (including phenoxy) is 1. The highest BCUT2D eigenvalue weighted by Gasteiger charge is 2.78. The van der Waals surface area contributed by atoms with E-state index < -0.39 is 58.6 Å². The van der Waals surface area contributed by atoms with Crippen LogP contribution < -0.4 is 4.90 Å². The number of hydrogen-bond donors (Lipinski definition) is 1. The minimum absolute atomic E-state index is 0.0109. The second kappa shape index (κ2) is 8.96. The van der Waals surface area contributed by atoms with E-state index in [4.69, 9.17) is 16.3 Å². The molecule has 0 amide bonds. The van der Waals surface area contributed by atoms with Crippen LogP contribution in [0.5, 0.6) is 0 Å². The van der Waals surface area contributed by atoms with E-state index >= 15 is 8.78 Å². The molecule has 1 aromatic carbocycles. The molecule has 0 radical (unpaired) electrons. The van der Waals surface area contributed by atoms with Gasteiger partial charge in [-0.05, 0) is 85.4 Å². The topological polar surface area (TPSA) is 83.9 Å². The van der Waals surface area contributed by atoms with Gasteiger partial charge in [-0.2, -0.15) is 0 Å². The Morgan fingerprint density at radius 1 is 1.18 bits per heavy atom. The predicted molar refractivity (Wildman–Crippen MR) is 145 cm³/mol. The first kappa shape index (κ1) is 27.6. The molecule has 1 aromatic rings. The summed E-state index contributed by atoms with van der Waals surface area (Å²) < 4.78 is 38.6. The number of fused-ring (bicyclic) bond motifs is 7. The number of aliphatic hydroxyl groups is 1. The number of hydrogen-bond acceptors (Lipinski definition) is 6. The maximum absolute atomic E-state index is 17.6. The van der Waals surface area contributed by atoms with Gasteiger partial charge >= 0.3 is 5.97 Å². The Bertz CT molecular complexity index is 1350. The lowest BCUT2D eigenvalue weighted by Gasteiger charge is -2.63. The van der Waals surface area contributed by atoms with Crippen molar-refractivity contribution in [1.29, 1.82) is 0 Å². The third kappa shape index (κ3) is 3.44. The second-order valence-electron chi connectivity index (χ2n) is 12.8. The third-order valence-electron chi connectivity index (χ3n) is 11.3. The van der Waals surface area contributed by atoms with Gasteiger partial charge in [-0.25, -0.2) is 8.78 Å². The molecule has 0 aromatic heterocycles. The van der Waals surface area contributed by atoms with Crippen molar-refractivity contribution in [3.05, 3.63) is 53.1 Å². The number of aliphatic hydroxyl groups excluding tert-OH is 1. The minimum Gasteiger partial charge on any atom is -0.458 e. The van der Waals surface area contributed by atoms with Crippen molar-refractivity contribution in [1.82, 2.24) is 0 Å². The van der Waals surface area contributed by atoms with Gasteiger partial charge in [-0.3, -0.25) is 14.4 Å². The highest BCUT2D eigenvalue weighted by Crippen LogP contribution is 2.74. The molecule has 6 rings (SSSR count). The van der Waals surface area contributed by atoms with E-state index in [1.54, 1.807) is 19.1 Å². The molecule has 6 nitrogen and oxygen atoms in total. The number of rotatable bonds is 4. The normalized spacial score (nSPS) is 43.4. The number of halogens is 3. The Morgan fingerprint density at radius 3 is 2.55 bits per heavy atom. The number of ketones is 2. The number of benzene rings is 1. The van der Waals surface area contributed by atoms with Gasteiger partial charge in [0.1, 0.15) is 6.17 Å². The SMILES string of the molecule is CC(=O)OCC(=O)[C@]12CN(c3ccc(Cl)cc3)C[C@@H]1C[C@H]1[C@@H]3C[C@H](F)C4=CC(=O)C=C[C@]4(C)[C@@]3(F)[C@@H](O)C[C@@]12C. The monoisotopic (exact) mass is 573 g/mol. The van der Waals surface area contributed by atoms with E-state index in [1.165, 1.54) is 25.2 Å². The summed E-state index contributed by atoms with van der Waals surface area (Å²) in [7, 11) is 0. The second-order valence-corrected chi connectivity index (χ2v) is 13.3. The fourth-order valence-electron chi connectivity index (χ4n) is 9.43. The van der Waals surface area contributed by atoms with Crippen LogP contribution in [0.3, 0.4) is 0 Å². The van der Waals surface area contributed by atoms with Crippen LogP contribution >= 0.6 is 11.6 Å². The number of carbonyl (C=O) groups is 3. The summed E-state index contributed by atoms with van der Waals surface area (Å²) in [5.74, 6) is -2.71. The van der Waals surface area contributed by atoms with Crippen molar-refractivity contribution in [2.75, 3.05) is 24.6 Å². The van der Waals surface area contributed by atoms with E-state index in [2.05, 4.69) is 4.90 Å². The van der Waals surface area contributed by atoms with Gasteiger partial charge in [0.25, 0.3) is 0 Å². The quantitative estimate of drug-likeness (QED) is 0.520. The van der Waals surface area contributed by atoms with Gasteiger partial charge in [-0.15, -0.1) is 0 Å². The molecule has 3 saturated carbocycles. The van der Waals surface area contributed by atoms with Gasteiger partial charge in [-0.1, -0.05) is 24.6 Å². The number of esters is 1. The molecule has 1 N–H and O–H groups in total. The van der Waals surface area contributed by atoms with Crippen molar-refractivity contribution in [2.45, 2.75) is 58.0 Å². The van der Waals surface area contributed by atoms with Crippen molar-refractivity contribution < 1.29 is 33.0 Å². The smallest absolute Gasteiger partial charge is 0.303 e. The molecule has 4 aliphatic carbocycles. The molecule has 5 aliphatic rings. The molecule has 0 spiro atoms. The average Bonchev–Trinajstić information content (AvgIpc) is 3.39. The molecular weight excluding hydrogens is 540 g/mol. The maximum atomic E-state index is 17.6. The number of Topliss-reactive ketones (excluding diaryl/α,β-unsaturated/α-hetero) is 1. The molecular formula is C31H34ClF2NO5.